The minimum atomic E-state index is -0.493. The topological polar surface area (TPSA) is 87.3 Å². The maximum atomic E-state index is 12.5. The van der Waals surface area contributed by atoms with E-state index in [0.29, 0.717) is 5.56 Å². The molecule has 6 heteroatoms. The summed E-state index contributed by atoms with van der Waals surface area (Å²) in [5, 5.41) is 8.21. The van der Waals surface area contributed by atoms with Gasteiger partial charge in [0, 0.05) is 11.6 Å². The van der Waals surface area contributed by atoms with E-state index in [1.807, 2.05) is 50.2 Å². The van der Waals surface area contributed by atoms with Crippen molar-refractivity contribution in [2.24, 2.45) is 0 Å². The van der Waals surface area contributed by atoms with Crippen LogP contribution in [0.3, 0.4) is 0 Å². The molecule has 0 radical (unpaired) electrons. The van der Waals surface area contributed by atoms with Gasteiger partial charge in [-0.2, -0.15) is 0 Å². The van der Waals surface area contributed by atoms with E-state index >= 15 is 0 Å². The zero-order chi connectivity index (χ0) is 19.6. The van der Waals surface area contributed by atoms with Crippen molar-refractivity contribution >= 4 is 17.7 Å². The second kappa shape index (κ2) is 10.1. The fourth-order valence-electron chi connectivity index (χ4n) is 2.58. The lowest BCUT2D eigenvalue weighted by Gasteiger charge is -2.19. The minimum absolute atomic E-state index is 0.0108. The van der Waals surface area contributed by atoms with Crippen LogP contribution in [-0.2, 0) is 9.59 Å². The van der Waals surface area contributed by atoms with Crippen molar-refractivity contribution in [1.82, 2.24) is 16.0 Å². The summed E-state index contributed by atoms with van der Waals surface area (Å²) < 4.78 is 0. The molecule has 0 bridgehead atoms. The first-order chi connectivity index (χ1) is 13.0. The van der Waals surface area contributed by atoms with Gasteiger partial charge in [0.15, 0.2) is 0 Å². The third-order valence-electron chi connectivity index (χ3n) is 3.83. The quantitative estimate of drug-likeness (QED) is 0.668. The van der Waals surface area contributed by atoms with E-state index in [4.69, 9.17) is 0 Å². The number of carbonyl (C=O) groups excluding carboxylic acids is 3. The van der Waals surface area contributed by atoms with Crippen LogP contribution in [0.4, 0.5) is 0 Å². The Balaban J connectivity index is 2.02. The Bertz CT molecular complexity index is 761. The maximum Gasteiger partial charge on any atom is 0.251 e. The molecule has 142 valence electrons. The van der Waals surface area contributed by atoms with E-state index in [2.05, 4.69) is 16.0 Å². The average Bonchev–Trinajstić information content (AvgIpc) is 2.66. The molecule has 2 aromatic carbocycles. The van der Waals surface area contributed by atoms with Crippen molar-refractivity contribution in [2.75, 3.05) is 6.54 Å². The lowest BCUT2D eigenvalue weighted by Crippen LogP contribution is -2.41. The van der Waals surface area contributed by atoms with E-state index in [1.165, 1.54) is 0 Å². The predicted octanol–water partition coefficient (Wildman–Crippen LogP) is 2.19. The van der Waals surface area contributed by atoms with Gasteiger partial charge in [0.05, 0.1) is 19.0 Å². The summed E-state index contributed by atoms with van der Waals surface area (Å²) in [6.07, 6.45) is 0.0392. The van der Waals surface area contributed by atoms with Crippen LogP contribution in [0, 0.1) is 0 Å². The standard InChI is InChI=1S/C21H25N3O3/c1-15(2)23-20(26)14-22-19(25)13-18(16-9-5-3-6-10-16)24-21(27)17-11-7-4-8-12-17/h3-12,15,18H,13-14H2,1-2H3,(H,22,25)(H,23,26)(H,24,27)/t18-/m1/s1. The number of nitrogens with one attached hydrogen (secondary N) is 3. The van der Waals surface area contributed by atoms with Crippen LogP contribution in [0.25, 0.3) is 0 Å². The molecule has 0 heterocycles. The Morgan fingerprint density at radius 3 is 2.00 bits per heavy atom. The Morgan fingerprint density at radius 2 is 1.41 bits per heavy atom. The molecule has 2 aromatic rings. The van der Waals surface area contributed by atoms with E-state index < -0.39 is 6.04 Å². The largest absolute Gasteiger partial charge is 0.352 e. The third kappa shape index (κ3) is 6.93. The highest BCUT2D eigenvalue weighted by atomic mass is 16.2. The lowest BCUT2D eigenvalue weighted by atomic mass is 10.0. The van der Waals surface area contributed by atoms with Crippen LogP contribution in [0.2, 0.25) is 0 Å². The van der Waals surface area contributed by atoms with Crippen molar-refractivity contribution in [3.05, 3.63) is 71.8 Å². The van der Waals surface area contributed by atoms with Gasteiger partial charge in [-0.25, -0.2) is 0 Å². The van der Waals surface area contributed by atoms with E-state index in [1.54, 1.807) is 24.3 Å². The number of carbonyl (C=O) groups is 3. The first-order valence-electron chi connectivity index (χ1n) is 8.92. The second-order valence-electron chi connectivity index (χ2n) is 6.51. The molecular weight excluding hydrogens is 342 g/mol. The summed E-state index contributed by atoms with van der Waals surface area (Å²) in [6.45, 7) is 3.61. The van der Waals surface area contributed by atoms with Crippen molar-refractivity contribution in [3.8, 4) is 0 Å². The van der Waals surface area contributed by atoms with E-state index in [-0.39, 0.29) is 36.7 Å². The maximum absolute atomic E-state index is 12.5. The Labute approximate surface area is 159 Å². The van der Waals surface area contributed by atoms with E-state index in [0.717, 1.165) is 5.56 Å². The fourth-order valence-corrected chi connectivity index (χ4v) is 2.58. The predicted molar refractivity (Wildman–Crippen MR) is 104 cm³/mol. The molecule has 6 nitrogen and oxygen atoms in total. The molecule has 27 heavy (non-hydrogen) atoms. The van der Waals surface area contributed by atoms with Crippen LogP contribution >= 0.6 is 0 Å². The molecule has 0 aliphatic rings. The smallest absolute Gasteiger partial charge is 0.251 e. The van der Waals surface area contributed by atoms with Crippen LogP contribution in [-0.4, -0.2) is 30.3 Å². The molecule has 0 aliphatic heterocycles. The first-order valence-corrected chi connectivity index (χ1v) is 8.92. The van der Waals surface area contributed by atoms with Gasteiger partial charge in [-0.1, -0.05) is 48.5 Å². The summed E-state index contributed by atoms with van der Waals surface area (Å²) in [5.41, 5.74) is 1.35. The molecule has 0 unspecified atom stereocenters. The Morgan fingerprint density at radius 1 is 0.815 bits per heavy atom. The van der Waals surface area contributed by atoms with Crippen molar-refractivity contribution in [2.45, 2.75) is 32.4 Å². The molecule has 0 aromatic heterocycles. The van der Waals surface area contributed by atoms with Gasteiger partial charge < -0.3 is 16.0 Å². The molecule has 0 saturated heterocycles. The first kappa shape index (κ1) is 20.2. The molecule has 3 N–H and O–H groups in total. The van der Waals surface area contributed by atoms with Crippen LogP contribution in [0.15, 0.2) is 60.7 Å². The number of hydrogen-bond acceptors (Lipinski definition) is 3. The van der Waals surface area contributed by atoms with Gasteiger partial charge in [-0.3, -0.25) is 14.4 Å². The van der Waals surface area contributed by atoms with Gasteiger partial charge in [0.1, 0.15) is 0 Å². The fraction of sp³-hybridized carbons (Fsp3) is 0.286. The lowest BCUT2D eigenvalue weighted by molar-refractivity contribution is -0.126. The molecule has 3 amide bonds. The van der Waals surface area contributed by atoms with E-state index in [9.17, 15) is 14.4 Å². The molecular formula is C21H25N3O3. The van der Waals surface area contributed by atoms with Gasteiger partial charge in [0.25, 0.3) is 5.91 Å². The van der Waals surface area contributed by atoms with Crippen LogP contribution in [0.5, 0.6) is 0 Å². The monoisotopic (exact) mass is 367 g/mol. The number of hydrogen-bond donors (Lipinski definition) is 3. The summed E-state index contributed by atoms with van der Waals surface area (Å²) in [7, 11) is 0. The molecule has 0 spiro atoms. The molecule has 0 fully saturated rings. The minimum Gasteiger partial charge on any atom is -0.352 e. The van der Waals surface area contributed by atoms with Gasteiger partial charge in [-0.15, -0.1) is 0 Å². The highest BCUT2D eigenvalue weighted by Crippen LogP contribution is 2.17. The number of rotatable bonds is 8. The molecule has 0 aliphatic carbocycles. The highest BCUT2D eigenvalue weighted by molar-refractivity contribution is 5.94. The van der Waals surface area contributed by atoms with Crippen molar-refractivity contribution < 1.29 is 14.4 Å². The summed E-state index contributed by atoms with van der Waals surface area (Å²) >= 11 is 0. The Kier molecular flexibility index (Phi) is 7.55. The van der Waals surface area contributed by atoms with Crippen LogP contribution < -0.4 is 16.0 Å². The summed E-state index contributed by atoms with van der Waals surface area (Å²) in [6, 6.07) is 17.6. The highest BCUT2D eigenvalue weighted by Gasteiger charge is 2.19. The molecule has 2 rings (SSSR count). The SMILES string of the molecule is CC(C)NC(=O)CNC(=O)C[C@@H](NC(=O)c1ccccc1)c1ccccc1. The molecule has 0 saturated carbocycles. The Hall–Kier alpha value is -3.15. The summed E-state index contributed by atoms with van der Waals surface area (Å²) in [5.74, 6) is -0.811. The van der Waals surface area contributed by atoms with Crippen molar-refractivity contribution in [1.29, 1.82) is 0 Å². The third-order valence-corrected chi connectivity index (χ3v) is 3.83. The van der Waals surface area contributed by atoms with Gasteiger partial charge in [-0.05, 0) is 31.5 Å². The zero-order valence-electron chi connectivity index (χ0n) is 15.6. The number of amides is 3. The van der Waals surface area contributed by atoms with Gasteiger partial charge >= 0.3 is 0 Å². The molecule has 1 atom stereocenters. The second-order valence-corrected chi connectivity index (χ2v) is 6.51. The summed E-state index contributed by atoms with van der Waals surface area (Å²) in [4.78, 5) is 36.5. The van der Waals surface area contributed by atoms with Crippen molar-refractivity contribution in [3.63, 3.8) is 0 Å². The average molecular weight is 367 g/mol. The van der Waals surface area contributed by atoms with Gasteiger partial charge in [0.2, 0.25) is 11.8 Å². The zero-order valence-corrected chi connectivity index (χ0v) is 15.6. The van der Waals surface area contributed by atoms with Crippen LogP contribution in [0.1, 0.15) is 42.2 Å². The number of benzene rings is 2. The normalized spacial score (nSPS) is 11.5.